The third kappa shape index (κ3) is 3.21. The molecule has 0 aromatic heterocycles. The van der Waals surface area contributed by atoms with E-state index in [-0.39, 0.29) is 5.91 Å². The lowest BCUT2D eigenvalue weighted by atomic mass is 10.2. The summed E-state index contributed by atoms with van der Waals surface area (Å²) in [5.74, 6) is 0.0607. The molecule has 0 rings (SSSR count). The van der Waals surface area contributed by atoms with Crippen LogP contribution < -0.4 is 0 Å². The van der Waals surface area contributed by atoms with Gasteiger partial charge in [0.1, 0.15) is 0 Å². The van der Waals surface area contributed by atoms with E-state index in [2.05, 4.69) is 6.58 Å². The minimum Gasteiger partial charge on any atom is -0.313 e. The fourth-order valence-corrected chi connectivity index (χ4v) is 1.15. The first kappa shape index (κ1) is 12.7. The maximum atomic E-state index is 11.8. The van der Waals surface area contributed by atoms with Gasteiger partial charge in [0.2, 0.25) is 0 Å². The molecule has 0 saturated heterocycles. The summed E-state index contributed by atoms with van der Waals surface area (Å²) in [7, 11) is 0. The van der Waals surface area contributed by atoms with Crippen molar-refractivity contribution in [3.8, 4) is 0 Å². The van der Waals surface area contributed by atoms with E-state index in [4.69, 9.17) is 0 Å². The summed E-state index contributed by atoms with van der Waals surface area (Å²) < 4.78 is 0. The van der Waals surface area contributed by atoms with Crippen LogP contribution in [0.5, 0.6) is 0 Å². The molecule has 0 heterocycles. The predicted octanol–water partition coefficient (Wildman–Crippen LogP) is 2.89. The summed E-state index contributed by atoms with van der Waals surface area (Å²) in [5, 5.41) is 0. The van der Waals surface area contributed by atoms with Crippen LogP contribution in [0.25, 0.3) is 0 Å². The highest BCUT2D eigenvalue weighted by Crippen LogP contribution is 2.08. The molecule has 14 heavy (non-hydrogen) atoms. The predicted molar refractivity (Wildman–Crippen MR) is 60.8 cm³/mol. The first-order valence-electron chi connectivity index (χ1n) is 4.82. The first-order valence-corrected chi connectivity index (χ1v) is 4.82. The molecule has 0 N–H and O–H groups in total. The molecule has 0 bridgehead atoms. The number of likely N-dealkylation sites (N-methyl/N-ethyl adjacent to an activating group) is 1. The maximum Gasteiger partial charge on any atom is 0.253 e. The Morgan fingerprint density at radius 3 is 2.36 bits per heavy atom. The van der Waals surface area contributed by atoms with Gasteiger partial charge in [-0.15, -0.1) is 0 Å². The lowest BCUT2D eigenvalue weighted by Crippen LogP contribution is -2.29. The van der Waals surface area contributed by atoms with Gasteiger partial charge in [-0.1, -0.05) is 18.7 Å². The van der Waals surface area contributed by atoms with E-state index in [1.54, 1.807) is 11.0 Å². The van der Waals surface area contributed by atoms with Crippen LogP contribution in [0.3, 0.4) is 0 Å². The van der Waals surface area contributed by atoms with Gasteiger partial charge < -0.3 is 4.90 Å². The highest BCUT2D eigenvalue weighted by atomic mass is 16.2. The Morgan fingerprint density at radius 1 is 1.43 bits per heavy atom. The number of nitrogens with zero attached hydrogens (tertiary/aromatic N) is 1. The van der Waals surface area contributed by atoms with Gasteiger partial charge in [-0.3, -0.25) is 4.79 Å². The molecule has 0 unspecified atom stereocenters. The highest BCUT2D eigenvalue weighted by Gasteiger charge is 2.13. The van der Waals surface area contributed by atoms with Crippen LogP contribution in [-0.4, -0.2) is 17.4 Å². The van der Waals surface area contributed by atoms with E-state index >= 15 is 0 Å². The van der Waals surface area contributed by atoms with E-state index in [1.165, 1.54) is 0 Å². The molecule has 0 atom stereocenters. The highest BCUT2D eigenvalue weighted by molar-refractivity contribution is 5.93. The summed E-state index contributed by atoms with van der Waals surface area (Å²) in [5.41, 5.74) is 1.69. The zero-order chi connectivity index (χ0) is 11.1. The second-order valence-electron chi connectivity index (χ2n) is 3.06. The lowest BCUT2D eigenvalue weighted by Gasteiger charge is -2.21. The van der Waals surface area contributed by atoms with Crippen molar-refractivity contribution >= 4 is 5.91 Å². The Balaban J connectivity index is 4.82. The van der Waals surface area contributed by atoms with Gasteiger partial charge in [0.05, 0.1) is 0 Å². The van der Waals surface area contributed by atoms with Crippen molar-refractivity contribution in [1.82, 2.24) is 4.90 Å². The van der Waals surface area contributed by atoms with E-state index in [0.717, 1.165) is 11.3 Å². The van der Waals surface area contributed by atoms with Crippen LogP contribution in [0, 0.1) is 0 Å². The fourth-order valence-electron chi connectivity index (χ4n) is 1.15. The Labute approximate surface area is 86.6 Å². The lowest BCUT2D eigenvalue weighted by molar-refractivity contribution is -0.125. The van der Waals surface area contributed by atoms with Crippen LogP contribution in [-0.2, 0) is 4.79 Å². The molecule has 2 heteroatoms. The SMILES string of the molecule is C=C/C=C(\C)N(CC)C(=O)/C(C)=C/C. The molecule has 0 aromatic rings. The molecule has 78 valence electrons. The second-order valence-corrected chi connectivity index (χ2v) is 3.06. The maximum absolute atomic E-state index is 11.8. The van der Waals surface area contributed by atoms with E-state index in [0.29, 0.717) is 6.54 Å². The van der Waals surface area contributed by atoms with Crippen molar-refractivity contribution in [2.75, 3.05) is 6.54 Å². The van der Waals surface area contributed by atoms with Gasteiger partial charge in [0.15, 0.2) is 0 Å². The smallest absolute Gasteiger partial charge is 0.253 e. The van der Waals surface area contributed by atoms with Crippen molar-refractivity contribution in [3.05, 3.63) is 36.1 Å². The zero-order valence-corrected chi connectivity index (χ0v) is 9.50. The summed E-state index contributed by atoms with van der Waals surface area (Å²) in [6, 6.07) is 0. The molecule has 0 radical (unpaired) electrons. The molecule has 0 aliphatic carbocycles. The Bertz CT molecular complexity index is 274. The molecule has 0 spiro atoms. The third-order valence-corrected chi connectivity index (χ3v) is 2.12. The number of allylic oxidation sites excluding steroid dienone is 4. The van der Waals surface area contributed by atoms with Crippen molar-refractivity contribution in [3.63, 3.8) is 0 Å². The molecule has 0 aromatic carbocycles. The normalized spacial score (nSPS) is 12.6. The molecule has 0 aliphatic rings. The van der Waals surface area contributed by atoms with Crippen LogP contribution in [0.2, 0.25) is 0 Å². The number of rotatable bonds is 4. The van der Waals surface area contributed by atoms with Crippen molar-refractivity contribution in [2.45, 2.75) is 27.7 Å². The standard InChI is InChI=1S/C12H19NO/c1-6-9-11(5)13(8-3)12(14)10(4)7-2/h6-7,9H,1,8H2,2-5H3/b10-7+,11-9+. The second kappa shape index (κ2) is 6.19. The molecular weight excluding hydrogens is 174 g/mol. The van der Waals surface area contributed by atoms with Crippen molar-refractivity contribution < 1.29 is 4.79 Å². The van der Waals surface area contributed by atoms with E-state index in [9.17, 15) is 4.79 Å². The average molecular weight is 193 g/mol. The molecule has 2 nitrogen and oxygen atoms in total. The quantitative estimate of drug-likeness (QED) is 0.496. The van der Waals surface area contributed by atoms with Gasteiger partial charge in [0.25, 0.3) is 5.91 Å². The largest absolute Gasteiger partial charge is 0.313 e. The van der Waals surface area contributed by atoms with Gasteiger partial charge in [0, 0.05) is 17.8 Å². The van der Waals surface area contributed by atoms with Gasteiger partial charge in [-0.05, 0) is 33.8 Å². The first-order chi connectivity index (χ1) is 6.58. The Kier molecular flexibility index (Phi) is 5.61. The molecule has 0 fully saturated rings. The summed E-state index contributed by atoms with van der Waals surface area (Å²) in [6.07, 6.45) is 5.35. The summed E-state index contributed by atoms with van der Waals surface area (Å²) in [4.78, 5) is 13.5. The van der Waals surface area contributed by atoms with Crippen molar-refractivity contribution in [2.24, 2.45) is 0 Å². The Morgan fingerprint density at radius 2 is 2.00 bits per heavy atom. The van der Waals surface area contributed by atoms with Crippen LogP contribution >= 0.6 is 0 Å². The van der Waals surface area contributed by atoms with Gasteiger partial charge >= 0.3 is 0 Å². The third-order valence-electron chi connectivity index (χ3n) is 2.12. The Hall–Kier alpha value is -1.31. The van der Waals surface area contributed by atoms with Crippen LogP contribution in [0.1, 0.15) is 27.7 Å². The van der Waals surface area contributed by atoms with Gasteiger partial charge in [-0.2, -0.15) is 0 Å². The minimum absolute atomic E-state index is 0.0607. The molecule has 1 amide bonds. The summed E-state index contributed by atoms with van der Waals surface area (Å²) in [6.45, 7) is 11.9. The van der Waals surface area contributed by atoms with Crippen molar-refractivity contribution in [1.29, 1.82) is 0 Å². The van der Waals surface area contributed by atoms with E-state index < -0.39 is 0 Å². The minimum atomic E-state index is 0.0607. The van der Waals surface area contributed by atoms with Gasteiger partial charge in [-0.25, -0.2) is 0 Å². The summed E-state index contributed by atoms with van der Waals surface area (Å²) >= 11 is 0. The molecule has 0 aliphatic heterocycles. The van der Waals surface area contributed by atoms with Crippen LogP contribution in [0.4, 0.5) is 0 Å². The number of carbonyl (C=O) groups is 1. The zero-order valence-electron chi connectivity index (χ0n) is 9.50. The van der Waals surface area contributed by atoms with Crippen LogP contribution in [0.15, 0.2) is 36.1 Å². The monoisotopic (exact) mass is 193 g/mol. The number of amides is 1. The number of carbonyl (C=O) groups excluding carboxylic acids is 1. The van der Waals surface area contributed by atoms with E-state index in [1.807, 2.05) is 39.8 Å². The number of hydrogen-bond donors (Lipinski definition) is 0. The fraction of sp³-hybridized carbons (Fsp3) is 0.417. The topological polar surface area (TPSA) is 20.3 Å². The number of hydrogen-bond acceptors (Lipinski definition) is 1. The molecular formula is C12H19NO. The molecule has 0 saturated carbocycles. The average Bonchev–Trinajstić information content (AvgIpc) is 2.18.